The normalized spacial score (nSPS) is 15.7. The molecule has 0 fully saturated rings. The fourth-order valence-electron chi connectivity index (χ4n) is 6.66. The van der Waals surface area contributed by atoms with E-state index in [4.69, 9.17) is 16.5 Å². The van der Waals surface area contributed by atoms with Crippen LogP contribution in [0.2, 0.25) is 0 Å². The van der Waals surface area contributed by atoms with Crippen molar-refractivity contribution in [1.29, 1.82) is 0 Å². The molecule has 0 radical (unpaired) electrons. The van der Waals surface area contributed by atoms with E-state index in [0.717, 1.165) is 50.3 Å². The lowest BCUT2D eigenvalue weighted by molar-refractivity contribution is 0.577. The van der Waals surface area contributed by atoms with Crippen molar-refractivity contribution >= 4 is 54.3 Å². The van der Waals surface area contributed by atoms with Gasteiger partial charge in [-0.15, -0.1) is 11.3 Å². The third-order valence-corrected chi connectivity index (χ3v) is 10.5. The van der Waals surface area contributed by atoms with E-state index < -0.39 is 12.1 Å². The van der Waals surface area contributed by atoms with Crippen molar-refractivity contribution in [2.24, 2.45) is 16.5 Å². The SMILES string of the molecule is C=C1/C=C\C=C/N(c2ccc([C@H](N)C(/N=C(\N)c3ccccc3)c3ccc(-c4ccccc4)cc3)cc2)c2cc3sc4ccccc4c3cc21. The summed E-state index contributed by atoms with van der Waals surface area (Å²) in [7, 11) is 0. The van der Waals surface area contributed by atoms with Gasteiger partial charge in [0.15, 0.2) is 0 Å². The molecule has 0 amide bonds. The van der Waals surface area contributed by atoms with Crippen LogP contribution in [0, 0.1) is 0 Å². The summed E-state index contributed by atoms with van der Waals surface area (Å²) in [5.74, 6) is 0.456. The quantitative estimate of drug-likeness (QED) is 0.132. The van der Waals surface area contributed by atoms with Crippen LogP contribution in [0.15, 0.2) is 182 Å². The number of anilines is 2. The number of aliphatic imine (C=N–C) groups is 1. The summed E-state index contributed by atoms with van der Waals surface area (Å²) >= 11 is 1.82. The minimum atomic E-state index is -0.440. The van der Waals surface area contributed by atoms with Gasteiger partial charge in [-0.25, -0.2) is 0 Å². The van der Waals surface area contributed by atoms with Gasteiger partial charge in [-0.2, -0.15) is 0 Å². The fourth-order valence-corrected chi connectivity index (χ4v) is 7.78. The molecule has 0 saturated heterocycles. The maximum Gasteiger partial charge on any atom is 0.126 e. The number of nitrogens with zero attached hydrogens (tertiary/aromatic N) is 2. The third-order valence-electron chi connectivity index (χ3n) is 9.35. The van der Waals surface area contributed by atoms with Crippen molar-refractivity contribution < 1.29 is 0 Å². The first kappa shape index (κ1) is 31.3. The number of rotatable bonds is 7. The Kier molecular flexibility index (Phi) is 8.43. The minimum absolute atomic E-state index is 0.400. The number of hydrogen-bond acceptors (Lipinski definition) is 4. The van der Waals surface area contributed by atoms with E-state index in [9.17, 15) is 0 Å². The van der Waals surface area contributed by atoms with E-state index in [-0.39, 0.29) is 0 Å². The molecular weight excluding hydrogens is 629 g/mol. The molecule has 0 aliphatic carbocycles. The largest absolute Gasteiger partial charge is 0.383 e. The Bertz CT molecular complexity index is 2400. The van der Waals surface area contributed by atoms with Crippen LogP contribution < -0.4 is 16.4 Å². The molecule has 5 heteroatoms. The number of fused-ring (bicyclic) bond motifs is 4. The molecule has 7 aromatic rings. The highest BCUT2D eigenvalue weighted by Crippen LogP contribution is 2.43. The van der Waals surface area contributed by atoms with Crippen molar-refractivity contribution in [2.45, 2.75) is 12.1 Å². The van der Waals surface area contributed by atoms with Gasteiger partial charge in [0.1, 0.15) is 5.84 Å². The maximum absolute atomic E-state index is 7.11. The second-order valence-electron chi connectivity index (χ2n) is 12.5. The van der Waals surface area contributed by atoms with Crippen LogP contribution in [-0.2, 0) is 0 Å². The van der Waals surface area contributed by atoms with Gasteiger partial charge in [0.25, 0.3) is 0 Å². The standard InChI is InChI=1S/C45H36N4S/c1-30-12-10-11-27-49(40-29-42-39(28-38(30)40)37-17-8-9-18-41(37)50-42)36-25-23-33(24-26-36)43(46)44(48-45(47)35-15-6-3-7-16-35)34-21-19-32(20-22-34)31-13-4-2-5-14-31/h2-29,43-44H,1,46H2,(H2,47,48)/b12-10-,27-11-/t43-,44?/m0/s1. The second kappa shape index (κ2) is 13.5. The van der Waals surface area contributed by atoms with E-state index in [1.807, 2.05) is 53.8 Å². The third kappa shape index (κ3) is 6.05. The molecule has 0 bridgehead atoms. The molecule has 4 nitrogen and oxygen atoms in total. The van der Waals surface area contributed by atoms with Gasteiger partial charge in [0, 0.05) is 43.2 Å². The number of thiophene rings is 1. The van der Waals surface area contributed by atoms with Crippen LogP contribution in [0.3, 0.4) is 0 Å². The molecule has 6 aromatic carbocycles. The zero-order valence-corrected chi connectivity index (χ0v) is 28.3. The van der Waals surface area contributed by atoms with Crippen LogP contribution in [0.1, 0.15) is 34.3 Å². The molecule has 50 heavy (non-hydrogen) atoms. The van der Waals surface area contributed by atoms with E-state index in [1.165, 1.54) is 20.2 Å². The molecule has 0 saturated carbocycles. The maximum atomic E-state index is 7.11. The van der Waals surface area contributed by atoms with Crippen LogP contribution in [0.5, 0.6) is 0 Å². The minimum Gasteiger partial charge on any atom is -0.383 e. The first-order valence-electron chi connectivity index (χ1n) is 16.7. The molecule has 2 heterocycles. The first-order valence-corrected chi connectivity index (χ1v) is 17.5. The van der Waals surface area contributed by atoms with Crippen LogP contribution in [-0.4, -0.2) is 5.84 Å². The lowest BCUT2D eigenvalue weighted by Crippen LogP contribution is -2.23. The lowest BCUT2D eigenvalue weighted by Gasteiger charge is -2.27. The molecule has 1 unspecified atom stereocenters. The summed E-state index contributed by atoms with van der Waals surface area (Å²) in [6.45, 7) is 4.43. The predicted octanol–water partition coefficient (Wildman–Crippen LogP) is 11.1. The Hall–Kier alpha value is -6.01. The van der Waals surface area contributed by atoms with Crippen LogP contribution in [0.4, 0.5) is 11.4 Å². The molecule has 0 spiro atoms. The van der Waals surface area contributed by atoms with Crippen molar-refractivity contribution in [3.05, 3.63) is 199 Å². The van der Waals surface area contributed by atoms with E-state index >= 15 is 0 Å². The molecule has 1 aliphatic heterocycles. The molecule has 4 N–H and O–H groups in total. The average molecular weight is 665 g/mol. The highest BCUT2D eigenvalue weighted by molar-refractivity contribution is 7.25. The predicted molar refractivity (Wildman–Crippen MR) is 214 cm³/mol. The zero-order chi connectivity index (χ0) is 34.0. The zero-order valence-electron chi connectivity index (χ0n) is 27.5. The lowest BCUT2D eigenvalue weighted by atomic mass is 9.92. The number of amidine groups is 1. The highest BCUT2D eigenvalue weighted by Gasteiger charge is 2.23. The Labute approximate surface area is 296 Å². The number of benzene rings is 6. The van der Waals surface area contributed by atoms with E-state index in [2.05, 4.69) is 139 Å². The topological polar surface area (TPSA) is 67.6 Å². The van der Waals surface area contributed by atoms with Crippen LogP contribution in [0.25, 0.3) is 36.9 Å². The molecule has 242 valence electrons. The summed E-state index contributed by atoms with van der Waals surface area (Å²) in [6.07, 6.45) is 8.28. The Balaban J connectivity index is 1.16. The van der Waals surface area contributed by atoms with Crippen molar-refractivity contribution in [3.63, 3.8) is 0 Å². The van der Waals surface area contributed by atoms with Crippen molar-refractivity contribution in [3.8, 4) is 11.1 Å². The first-order chi connectivity index (χ1) is 24.5. The number of allylic oxidation sites excluding steroid dienone is 4. The van der Waals surface area contributed by atoms with Gasteiger partial charge in [0.05, 0.1) is 17.8 Å². The molecule has 8 rings (SSSR count). The average Bonchev–Trinajstić information content (AvgIpc) is 3.54. The summed E-state index contributed by atoms with van der Waals surface area (Å²) in [6, 6.07) is 49.5. The Morgan fingerprint density at radius 3 is 2.08 bits per heavy atom. The monoisotopic (exact) mass is 664 g/mol. The van der Waals surface area contributed by atoms with Crippen molar-refractivity contribution in [1.82, 2.24) is 0 Å². The van der Waals surface area contributed by atoms with Gasteiger partial charge in [0.2, 0.25) is 0 Å². The van der Waals surface area contributed by atoms with Gasteiger partial charge in [-0.3, -0.25) is 4.99 Å². The molecule has 1 aliphatic rings. The number of nitrogens with two attached hydrogens (primary N) is 2. The summed E-state index contributed by atoms with van der Waals surface area (Å²) in [4.78, 5) is 7.28. The Morgan fingerprint density at radius 2 is 1.32 bits per heavy atom. The van der Waals surface area contributed by atoms with E-state index in [1.54, 1.807) is 0 Å². The van der Waals surface area contributed by atoms with Gasteiger partial charge in [-0.05, 0) is 64.2 Å². The van der Waals surface area contributed by atoms with Gasteiger partial charge >= 0.3 is 0 Å². The molecular formula is C45H36N4S. The molecule has 2 atom stereocenters. The summed E-state index contributed by atoms with van der Waals surface area (Å²) in [5, 5.41) is 2.53. The highest BCUT2D eigenvalue weighted by atomic mass is 32.1. The number of hydrogen-bond donors (Lipinski definition) is 2. The summed E-state index contributed by atoms with van der Waals surface area (Å²) < 4.78 is 2.52. The smallest absolute Gasteiger partial charge is 0.126 e. The fraction of sp³-hybridized carbons (Fsp3) is 0.0444. The van der Waals surface area contributed by atoms with Gasteiger partial charge in [-0.1, -0.05) is 134 Å². The van der Waals surface area contributed by atoms with Crippen LogP contribution >= 0.6 is 11.3 Å². The van der Waals surface area contributed by atoms with Crippen molar-refractivity contribution in [2.75, 3.05) is 4.90 Å². The Morgan fingerprint density at radius 1 is 0.660 bits per heavy atom. The van der Waals surface area contributed by atoms with Gasteiger partial charge < -0.3 is 16.4 Å². The summed E-state index contributed by atoms with van der Waals surface area (Å²) in [5.41, 5.74) is 23.0. The second-order valence-corrected chi connectivity index (χ2v) is 13.6. The van der Waals surface area contributed by atoms with E-state index in [0.29, 0.717) is 5.84 Å². The molecule has 1 aromatic heterocycles.